The van der Waals surface area contributed by atoms with Crippen LogP contribution in [-0.4, -0.2) is 0 Å². The van der Waals surface area contributed by atoms with E-state index in [1.165, 1.54) is 72.3 Å². The Bertz CT molecular complexity index is 3300. The van der Waals surface area contributed by atoms with Crippen LogP contribution in [0.15, 0.2) is 167 Å². The molecule has 0 bridgehead atoms. The average molecular weight is 719 g/mol. The van der Waals surface area contributed by atoms with Crippen molar-refractivity contribution in [1.29, 1.82) is 0 Å². The van der Waals surface area contributed by atoms with E-state index in [2.05, 4.69) is 173 Å². The van der Waals surface area contributed by atoms with Gasteiger partial charge < -0.3 is 8.83 Å². The van der Waals surface area contributed by atoms with Gasteiger partial charge in [-0.05, 0) is 126 Å². The normalized spacial score (nSPS) is 14.7. The molecule has 0 amide bonds. The number of fused-ring (bicyclic) bond motifs is 14. The number of benzene rings is 8. The number of furan rings is 2. The number of hydrogen-bond donors (Lipinski definition) is 0. The standard InChI is InChI=1S/C54H38O2/c1-53(2)43-16-9-8-15-37(43)39-21-22-40-38-20-17-36(30-44(38)54(3,4)52(40)51(39)53)33-14-10-13-32(27-33)35-19-24-46-42(29-35)50-48(56-46)26-25-47-49(50)41-28-34(18-23-45(41)55-47)31-11-6-5-7-12-31/h5-30H,1-4H3. The fraction of sp³-hybridized carbons (Fsp3) is 0.111. The second-order valence-electron chi connectivity index (χ2n) is 16.9. The zero-order chi connectivity index (χ0) is 37.5. The third kappa shape index (κ3) is 4.22. The lowest BCUT2D eigenvalue weighted by molar-refractivity contribution is 0.601. The lowest BCUT2D eigenvalue weighted by atomic mass is 9.72. The van der Waals surface area contributed by atoms with E-state index in [0.29, 0.717) is 0 Å². The summed E-state index contributed by atoms with van der Waals surface area (Å²) in [5, 5.41) is 4.38. The van der Waals surface area contributed by atoms with Crippen LogP contribution in [0.4, 0.5) is 0 Å². The Morgan fingerprint density at radius 3 is 1.41 bits per heavy atom. The molecule has 0 saturated carbocycles. The summed E-state index contributed by atoms with van der Waals surface area (Å²) in [6, 6.07) is 57.5. The molecule has 0 unspecified atom stereocenters. The molecule has 266 valence electrons. The first-order valence-corrected chi connectivity index (χ1v) is 19.7. The van der Waals surface area contributed by atoms with Crippen molar-refractivity contribution in [3.05, 3.63) is 180 Å². The van der Waals surface area contributed by atoms with Crippen molar-refractivity contribution >= 4 is 43.9 Å². The van der Waals surface area contributed by atoms with Crippen molar-refractivity contribution in [3.63, 3.8) is 0 Å². The van der Waals surface area contributed by atoms with Crippen molar-refractivity contribution in [2.45, 2.75) is 38.5 Å². The maximum Gasteiger partial charge on any atom is 0.136 e. The Morgan fingerprint density at radius 1 is 0.321 bits per heavy atom. The van der Waals surface area contributed by atoms with Gasteiger partial charge in [-0.3, -0.25) is 0 Å². The summed E-state index contributed by atoms with van der Waals surface area (Å²) in [4.78, 5) is 0. The fourth-order valence-electron chi connectivity index (χ4n) is 10.4. The van der Waals surface area contributed by atoms with Crippen LogP contribution in [-0.2, 0) is 10.8 Å². The predicted octanol–water partition coefficient (Wildman–Crippen LogP) is 15.1. The first-order valence-electron chi connectivity index (χ1n) is 19.7. The van der Waals surface area contributed by atoms with Crippen LogP contribution in [0.1, 0.15) is 49.9 Å². The highest BCUT2D eigenvalue weighted by Gasteiger charge is 2.45. The third-order valence-electron chi connectivity index (χ3n) is 13.0. The predicted molar refractivity (Wildman–Crippen MR) is 232 cm³/mol. The molecule has 56 heavy (non-hydrogen) atoms. The summed E-state index contributed by atoms with van der Waals surface area (Å²) in [7, 11) is 0. The molecule has 0 saturated heterocycles. The molecule has 2 heterocycles. The zero-order valence-electron chi connectivity index (χ0n) is 31.8. The maximum absolute atomic E-state index is 6.48. The van der Waals surface area contributed by atoms with Gasteiger partial charge in [-0.25, -0.2) is 0 Å². The molecule has 2 aliphatic rings. The molecule has 12 rings (SSSR count). The largest absolute Gasteiger partial charge is 0.456 e. The highest BCUT2D eigenvalue weighted by Crippen LogP contribution is 2.59. The van der Waals surface area contributed by atoms with Gasteiger partial charge in [-0.1, -0.05) is 137 Å². The molecule has 2 aromatic heterocycles. The molecule has 0 fully saturated rings. The van der Waals surface area contributed by atoms with Crippen molar-refractivity contribution in [3.8, 4) is 55.6 Å². The van der Waals surface area contributed by atoms with E-state index >= 15 is 0 Å². The summed E-state index contributed by atoms with van der Waals surface area (Å²) in [5.41, 5.74) is 21.7. The molecule has 10 aromatic rings. The lowest BCUT2D eigenvalue weighted by Gasteiger charge is -2.30. The van der Waals surface area contributed by atoms with Crippen molar-refractivity contribution in [1.82, 2.24) is 0 Å². The van der Waals surface area contributed by atoms with E-state index in [-0.39, 0.29) is 10.8 Å². The molecule has 0 aliphatic heterocycles. The van der Waals surface area contributed by atoms with Gasteiger partial charge in [0.2, 0.25) is 0 Å². The van der Waals surface area contributed by atoms with Gasteiger partial charge in [0.25, 0.3) is 0 Å². The topological polar surface area (TPSA) is 26.3 Å². The van der Waals surface area contributed by atoms with Crippen LogP contribution in [0, 0.1) is 0 Å². The maximum atomic E-state index is 6.48. The van der Waals surface area contributed by atoms with Gasteiger partial charge >= 0.3 is 0 Å². The molecule has 0 N–H and O–H groups in total. The molecule has 0 atom stereocenters. The Labute approximate surface area is 325 Å². The zero-order valence-corrected chi connectivity index (χ0v) is 31.8. The quantitative estimate of drug-likeness (QED) is 0.182. The van der Waals surface area contributed by atoms with Gasteiger partial charge in [-0.15, -0.1) is 0 Å². The van der Waals surface area contributed by atoms with E-state index in [9.17, 15) is 0 Å². The van der Waals surface area contributed by atoms with Gasteiger partial charge in [0, 0.05) is 32.4 Å². The van der Waals surface area contributed by atoms with Gasteiger partial charge in [0.05, 0.1) is 0 Å². The summed E-state index contributed by atoms with van der Waals surface area (Å²) in [6.07, 6.45) is 0. The lowest BCUT2D eigenvalue weighted by Crippen LogP contribution is -2.24. The Hall–Kier alpha value is -6.64. The fourth-order valence-corrected chi connectivity index (χ4v) is 10.4. The van der Waals surface area contributed by atoms with E-state index in [0.717, 1.165) is 49.4 Å². The molecule has 2 heteroatoms. The smallest absolute Gasteiger partial charge is 0.136 e. The van der Waals surface area contributed by atoms with Crippen molar-refractivity contribution in [2.75, 3.05) is 0 Å². The second kappa shape index (κ2) is 11.0. The summed E-state index contributed by atoms with van der Waals surface area (Å²) < 4.78 is 12.9. The van der Waals surface area contributed by atoms with Crippen LogP contribution in [0.5, 0.6) is 0 Å². The monoisotopic (exact) mass is 718 g/mol. The van der Waals surface area contributed by atoms with Crippen LogP contribution in [0.25, 0.3) is 99.5 Å². The van der Waals surface area contributed by atoms with E-state index in [4.69, 9.17) is 8.83 Å². The van der Waals surface area contributed by atoms with Gasteiger partial charge in [-0.2, -0.15) is 0 Å². The van der Waals surface area contributed by atoms with Crippen LogP contribution in [0.2, 0.25) is 0 Å². The molecule has 2 aliphatic carbocycles. The minimum Gasteiger partial charge on any atom is -0.456 e. The SMILES string of the molecule is CC1(C)c2ccccc2-c2ccc3c(c21)C(C)(C)c1cc(-c2cccc(-c4ccc5oc6ccc7oc8ccc(-c9ccccc9)cc8c7c6c5c4)c2)ccc1-3. The molecular formula is C54H38O2. The highest BCUT2D eigenvalue weighted by atomic mass is 16.3. The second-order valence-corrected chi connectivity index (χ2v) is 16.9. The van der Waals surface area contributed by atoms with E-state index in [1.807, 2.05) is 12.1 Å². The first-order chi connectivity index (χ1) is 27.3. The number of rotatable bonds is 3. The van der Waals surface area contributed by atoms with Gasteiger partial charge in [0.1, 0.15) is 22.3 Å². The highest BCUT2D eigenvalue weighted by molar-refractivity contribution is 6.26. The van der Waals surface area contributed by atoms with E-state index in [1.54, 1.807) is 0 Å². The van der Waals surface area contributed by atoms with Crippen LogP contribution < -0.4 is 0 Å². The Balaban J connectivity index is 0.963. The summed E-state index contributed by atoms with van der Waals surface area (Å²) in [6.45, 7) is 9.65. The average Bonchev–Trinajstić information content (AvgIpc) is 3.92. The van der Waals surface area contributed by atoms with Crippen molar-refractivity contribution in [2.24, 2.45) is 0 Å². The Morgan fingerprint density at radius 2 is 0.768 bits per heavy atom. The number of hydrogen-bond acceptors (Lipinski definition) is 2. The van der Waals surface area contributed by atoms with Crippen LogP contribution in [0.3, 0.4) is 0 Å². The minimum absolute atomic E-state index is 0.0588. The minimum atomic E-state index is -0.138. The van der Waals surface area contributed by atoms with Gasteiger partial charge in [0.15, 0.2) is 0 Å². The molecule has 0 spiro atoms. The molecular weight excluding hydrogens is 681 g/mol. The molecule has 2 nitrogen and oxygen atoms in total. The van der Waals surface area contributed by atoms with E-state index < -0.39 is 0 Å². The summed E-state index contributed by atoms with van der Waals surface area (Å²) >= 11 is 0. The third-order valence-corrected chi connectivity index (χ3v) is 13.0. The summed E-state index contributed by atoms with van der Waals surface area (Å²) in [5.74, 6) is 0. The van der Waals surface area contributed by atoms with Crippen molar-refractivity contribution < 1.29 is 8.83 Å². The van der Waals surface area contributed by atoms with Crippen LogP contribution >= 0.6 is 0 Å². The molecule has 0 radical (unpaired) electrons. The Kier molecular flexibility index (Phi) is 6.22. The first kappa shape index (κ1) is 31.7. The molecule has 8 aromatic carbocycles.